The molecule has 214 valence electrons. The van der Waals surface area contributed by atoms with Crippen LogP contribution in [0, 0.1) is 0 Å². The van der Waals surface area contributed by atoms with Gasteiger partial charge < -0.3 is 19.7 Å². The van der Waals surface area contributed by atoms with Crippen LogP contribution in [0.2, 0.25) is 0 Å². The van der Waals surface area contributed by atoms with Crippen LogP contribution in [0.1, 0.15) is 0 Å². The van der Waals surface area contributed by atoms with Crippen LogP contribution in [0.4, 0.5) is 9.59 Å². The number of benzene rings is 3. The first-order chi connectivity index (χ1) is 19.7. The second-order valence-electron chi connectivity index (χ2n) is 8.48. The fourth-order valence-corrected chi connectivity index (χ4v) is 6.63. The first-order valence-electron chi connectivity index (χ1n) is 11.4. The number of fused-ring (bicyclic) bond motifs is 3. The van der Waals surface area contributed by atoms with Crippen LogP contribution in [-0.4, -0.2) is 49.3 Å². The van der Waals surface area contributed by atoms with Crippen molar-refractivity contribution in [2.75, 3.05) is 0 Å². The molecule has 0 radical (unpaired) electrons. The zero-order chi connectivity index (χ0) is 30.4. The van der Waals surface area contributed by atoms with Gasteiger partial charge in [0.25, 0.3) is 18.1 Å². The lowest BCUT2D eigenvalue weighted by Crippen LogP contribution is -2.07. The van der Waals surface area contributed by atoms with E-state index < -0.39 is 42.2 Å². The van der Waals surface area contributed by atoms with Gasteiger partial charge in [-0.2, -0.15) is 0 Å². The van der Waals surface area contributed by atoms with E-state index in [1.807, 2.05) is 0 Å². The van der Waals surface area contributed by atoms with E-state index in [1.165, 1.54) is 72.8 Å². The van der Waals surface area contributed by atoms with E-state index in [1.54, 1.807) is 0 Å². The summed E-state index contributed by atoms with van der Waals surface area (Å²) in [5.41, 5.74) is 0.291. The van der Waals surface area contributed by atoms with Crippen LogP contribution >= 0.6 is 21.4 Å². The zero-order valence-electron chi connectivity index (χ0n) is 20.6. The Morgan fingerprint density at radius 3 is 1.29 bits per heavy atom. The molecule has 0 amide bonds. The normalized spacial score (nSPS) is 11.9. The van der Waals surface area contributed by atoms with Crippen molar-refractivity contribution in [3.63, 3.8) is 0 Å². The number of hydrogen-bond donors (Lipinski definition) is 2. The van der Waals surface area contributed by atoms with Crippen LogP contribution in [0.25, 0.3) is 44.1 Å². The van der Waals surface area contributed by atoms with Gasteiger partial charge in [0.15, 0.2) is 0 Å². The van der Waals surface area contributed by atoms with Crippen molar-refractivity contribution in [2.24, 2.45) is 0 Å². The van der Waals surface area contributed by atoms with Crippen molar-refractivity contribution in [2.45, 2.75) is 9.79 Å². The number of aromatic nitrogens is 2. The van der Waals surface area contributed by atoms with Crippen molar-refractivity contribution < 1.29 is 46.1 Å². The lowest BCUT2D eigenvalue weighted by molar-refractivity contribution is 0.141. The molecule has 16 heteroatoms. The summed E-state index contributed by atoms with van der Waals surface area (Å²) in [4.78, 5) is 30.8. The summed E-state index contributed by atoms with van der Waals surface area (Å²) in [7, 11) is 2.79. The van der Waals surface area contributed by atoms with Gasteiger partial charge in [-0.15, -0.1) is 0 Å². The van der Waals surface area contributed by atoms with Crippen molar-refractivity contribution in [1.29, 1.82) is 0 Å². The molecule has 0 saturated heterocycles. The van der Waals surface area contributed by atoms with Crippen molar-refractivity contribution in [3.05, 3.63) is 72.8 Å². The third-order valence-corrected chi connectivity index (χ3v) is 8.73. The molecule has 0 aliphatic carbocycles. The van der Waals surface area contributed by atoms with Gasteiger partial charge in [0.1, 0.15) is 11.0 Å². The van der Waals surface area contributed by atoms with Crippen molar-refractivity contribution >= 4 is 73.6 Å². The highest BCUT2D eigenvalue weighted by Crippen LogP contribution is 2.42. The molecule has 2 N–H and O–H groups in total. The second kappa shape index (κ2) is 10.7. The van der Waals surface area contributed by atoms with E-state index in [4.69, 9.17) is 30.8 Å². The van der Waals surface area contributed by atoms with E-state index in [0.29, 0.717) is 0 Å². The summed E-state index contributed by atoms with van der Waals surface area (Å²) in [5.74, 6) is -0.952. The Balaban J connectivity index is 1.96. The largest absolute Gasteiger partial charge is 0.512 e. The summed E-state index contributed by atoms with van der Waals surface area (Å²) in [6.07, 6.45) is -3.45. The molecule has 5 aromatic rings. The number of carbonyl (C=O) groups is 2. The van der Waals surface area contributed by atoms with E-state index in [-0.39, 0.29) is 53.9 Å². The Bertz CT molecular complexity index is 2020. The van der Waals surface area contributed by atoms with Gasteiger partial charge in [-0.25, -0.2) is 36.4 Å². The van der Waals surface area contributed by atoms with Gasteiger partial charge in [0.2, 0.25) is 11.8 Å². The molecule has 0 atom stereocenters. The average Bonchev–Trinajstić information content (AvgIpc) is 2.90. The summed E-state index contributed by atoms with van der Waals surface area (Å²) in [6.45, 7) is 0. The van der Waals surface area contributed by atoms with Gasteiger partial charge in [-0.3, -0.25) is 0 Å². The molecule has 0 fully saturated rings. The van der Waals surface area contributed by atoms with Gasteiger partial charge in [-0.05, 0) is 23.3 Å². The summed E-state index contributed by atoms with van der Waals surface area (Å²) in [6, 6.07) is 16.7. The molecule has 0 bridgehead atoms. The Labute approximate surface area is 245 Å². The lowest BCUT2D eigenvalue weighted by atomic mass is 9.96. The maximum absolute atomic E-state index is 12.4. The molecule has 0 aliphatic heterocycles. The Morgan fingerprint density at radius 1 is 0.595 bits per heavy atom. The van der Waals surface area contributed by atoms with Crippen molar-refractivity contribution in [3.8, 4) is 34.0 Å². The molecule has 0 unspecified atom stereocenters. The average molecular weight is 649 g/mol. The maximum atomic E-state index is 12.4. The van der Waals surface area contributed by atoms with Gasteiger partial charge in [0, 0.05) is 55.4 Å². The maximum Gasteiger partial charge on any atom is 0.512 e. The lowest BCUT2D eigenvalue weighted by Gasteiger charge is -2.16. The highest BCUT2D eigenvalue weighted by Gasteiger charge is 2.24. The molecule has 3 aromatic carbocycles. The summed E-state index contributed by atoms with van der Waals surface area (Å²) >= 11 is 0. The molecule has 2 aromatic heterocycles. The van der Waals surface area contributed by atoms with Crippen LogP contribution in [0.5, 0.6) is 11.8 Å². The smallest absolute Gasteiger partial charge is 0.449 e. The van der Waals surface area contributed by atoms with Gasteiger partial charge in [-0.1, -0.05) is 48.5 Å². The first kappa shape index (κ1) is 29.0. The third kappa shape index (κ3) is 5.65. The Hall–Kier alpha value is -4.50. The number of halogens is 2. The Kier molecular flexibility index (Phi) is 7.41. The van der Waals surface area contributed by atoms with Crippen molar-refractivity contribution in [1.82, 2.24) is 9.97 Å². The number of ether oxygens (including phenoxy) is 2. The quantitative estimate of drug-likeness (QED) is 0.123. The number of hydrogen-bond acceptors (Lipinski definition) is 10. The predicted molar refractivity (Wildman–Crippen MR) is 151 cm³/mol. The number of carboxylic acid groups (broad SMARTS) is 2. The van der Waals surface area contributed by atoms with E-state index in [2.05, 4.69) is 9.97 Å². The molecule has 2 heterocycles. The summed E-state index contributed by atoms with van der Waals surface area (Å²) in [5, 5.41) is 19.0. The Morgan fingerprint density at radius 2 is 0.952 bits per heavy atom. The monoisotopic (exact) mass is 648 g/mol. The second-order valence-corrected chi connectivity index (χ2v) is 13.5. The minimum atomic E-state index is -4.29. The SMILES string of the molecule is O=C(O)Oc1cc(-c2ccccc2S(=O)(=O)Cl)c2ccc3c(-c4ccccc4S(=O)(=O)Cl)cc(OC(=O)O)nc3c2n1. The van der Waals surface area contributed by atoms with Gasteiger partial charge in [0.05, 0.1) is 9.79 Å². The van der Waals surface area contributed by atoms with Crippen LogP contribution in [0.15, 0.2) is 82.6 Å². The number of rotatable bonds is 6. The first-order valence-corrected chi connectivity index (χ1v) is 16.0. The van der Waals surface area contributed by atoms with Gasteiger partial charge >= 0.3 is 12.3 Å². The molecule has 5 rings (SSSR count). The van der Waals surface area contributed by atoms with E-state index >= 15 is 0 Å². The van der Waals surface area contributed by atoms with E-state index in [0.717, 1.165) is 0 Å². The third-order valence-electron chi connectivity index (χ3n) is 5.97. The zero-order valence-corrected chi connectivity index (χ0v) is 23.7. The highest BCUT2D eigenvalue weighted by atomic mass is 35.7. The number of pyridine rings is 2. The standard InChI is InChI=1S/C26H14Cl2N2O10S2/c27-41(35,36)19-7-3-1-5-13(19)17-11-21(39-25(31)32)29-23-15(17)9-10-16-18(12-22(30-24(16)23)40-26(33)34)14-6-2-4-8-20(14)42(28,37)38/h1-12H,(H,31,32)(H,33,34). The molecule has 0 spiro atoms. The van der Waals surface area contributed by atoms with Crippen LogP contribution < -0.4 is 9.47 Å². The fourth-order valence-electron chi connectivity index (χ4n) is 4.46. The van der Waals surface area contributed by atoms with Crippen LogP contribution in [0.3, 0.4) is 0 Å². The molecule has 0 saturated carbocycles. The highest BCUT2D eigenvalue weighted by molar-refractivity contribution is 8.14. The molecule has 42 heavy (non-hydrogen) atoms. The fraction of sp³-hybridized carbons (Fsp3) is 0. The van der Waals surface area contributed by atoms with Crippen LogP contribution in [-0.2, 0) is 18.1 Å². The summed E-state index contributed by atoms with van der Waals surface area (Å²) < 4.78 is 59.1. The molecule has 0 aliphatic rings. The topological polar surface area (TPSA) is 187 Å². The molecule has 12 nitrogen and oxygen atoms in total. The van der Waals surface area contributed by atoms with E-state index in [9.17, 15) is 36.6 Å². The molecular formula is C26H14Cl2N2O10S2. The minimum absolute atomic E-state index is 0.0636. The minimum Gasteiger partial charge on any atom is -0.449 e. The molecular weight excluding hydrogens is 635 g/mol. The predicted octanol–water partition coefficient (Wildman–Crippen LogP) is 6.09. The number of nitrogens with zero attached hydrogens (tertiary/aromatic N) is 2.